The fourth-order valence-electron chi connectivity index (χ4n) is 4.18. The van der Waals surface area contributed by atoms with E-state index in [0.717, 1.165) is 34.2 Å². The Morgan fingerprint density at radius 2 is 1.97 bits per heavy atom. The lowest BCUT2D eigenvalue weighted by Gasteiger charge is -2.35. The molecule has 0 bridgehead atoms. The molecule has 0 radical (unpaired) electrons. The number of hydrogen-bond donors (Lipinski definition) is 1. The van der Waals surface area contributed by atoms with E-state index in [1.807, 2.05) is 44.6 Å². The average molecular weight is 492 g/mol. The van der Waals surface area contributed by atoms with Gasteiger partial charge in [-0.1, -0.05) is 11.6 Å². The minimum Gasteiger partial charge on any atom is -0.497 e. The highest BCUT2D eigenvalue weighted by atomic mass is 35.5. The van der Waals surface area contributed by atoms with E-state index in [2.05, 4.69) is 26.0 Å². The summed E-state index contributed by atoms with van der Waals surface area (Å²) in [7, 11) is 5.13. The molecule has 0 saturated heterocycles. The third kappa shape index (κ3) is 4.35. The van der Waals surface area contributed by atoms with Crippen LogP contribution in [0.25, 0.3) is 5.57 Å². The molecule has 2 aliphatic rings. The number of aromatic nitrogens is 4. The number of ether oxygens (including phenoxy) is 2. The lowest BCUT2D eigenvalue weighted by Crippen LogP contribution is -2.40. The maximum absolute atomic E-state index is 6.96. The van der Waals surface area contributed by atoms with Crippen LogP contribution in [0.3, 0.4) is 0 Å². The number of aromatic amines is 1. The Hall–Kier alpha value is -3.85. The van der Waals surface area contributed by atoms with Crippen molar-refractivity contribution in [1.82, 2.24) is 19.7 Å². The summed E-state index contributed by atoms with van der Waals surface area (Å²) in [6.07, 6.45) is 11.8. The molecule has 3 aromatic rings. The summed E-state index contributed by atoms with van der Waals surface area (Å²) in [4.78, 5) is 19.6. The Kier molecular flexibility index (Phi) is 5.94. The monoisotopic (exact) mass is 491 g/mol. The van der Waals surface area contributed by atoms with Gasteiger partial charge in [-0.05, 0) is 19.4 Å². The molecular formula is C25H26ClN7O2. The standard InChI is InChI=1S/C25H26ClN7O2/c1-25-6-5-22(31-24(25)23(26)20(13-29-25)16-12-30-32(2)14-16)33(15-21-27-7-8-28-21)17-9-18(34-3)11-19(10-17)35-4/h5,7-14H,6,15H2,1-4H3,(H,27,28). The van der Waals surface area contributed by atoms with Gasteiger partial charge in [0, 0.05) is 61.2 Å². The minimum atomic E-state index is -0.547. The molecule has 4 heterocycles. The van der Waals surface area contributed by atoms with Crippen LogP contribution in [0.4, 0.5) is 5.69 Å². The summed E-state index contributed by atoms with van der Waals surface area (Å²) in [5.74, 6) is 2.89. The largest absolute Gasteiger partial charge is 0.497 e. The fourth-order valence-corrected chi connectivity index (χ4v) is 4.58. The van der Waals surface area contributed by atoms with Crippen LogP contribution >= 0.6 is 11.6 Å². The molecule has 0 aliphatic carbocycles. The van der Waals surface area contributed by atoms with Gasteiger partial charge in [0.1, 0.15) is 28.7 Å². The van der Waals surface area contributed by atoms with Gasteiger partial charge in [0.25, 0.3) is 0 Å². The van der Waals surface area contributed by atoms with Crippen LogP contribution in [-0.2, 0) is 13.6 Å². The molecule has 0 amide bonds. The lowest BCUT2D eigenvalue weighted by atomic mass is 9.86. The van der Waals surface area contributed by atoms with Crippen molar-refractivity contribution in [2.75, 3.05) is 19.1 Å². The van der Waals surface area contributed by atoms with Crippen LogP contribution in [0.5, 0.6) is 11.5 Å². The molecule has 1 atom stereocenters. The van der Waals surface area contributed by atoms with E-state index >= 15 is 0 Å². The number of anilines is 1. The van der Waals surface area contributed by atoms with Gasteiger partial charge in [0.05, 0.1) is 43.4 Å². The summed E-state index contributed by atoms with van der Waals surface area (Å²) in [5.41, 5.74) is 2.72. The van der Waals surface area contributed by atoms with Gasteiger partial charge in [-0.2, -0.15) is 5.10 Å². The molecular weight excluding hydrogens is 466 g/mol. The smallest absolute Gasteiger partial charge is 0.129 e. The molecule has 1 unspecified atom stereocenters. The number of halogens is 1. The predicted molar refractivity (Wildman–Crippen MR) is 137 cm³/mol. The summed E-state index contributed by atoms with van der Waals surface area (Å²) in [5, 5.41) is 4.84. The number of allylic oxidation sites excluding steroid dienone is 1. The van der Waals surface area contributed by atoms with Crippen LogP contribution < -0.4 is 14.4 Å². The van der Waals surface area contributed by atoms with Crippen molar-refractivity contribution in [1.29, 1.82) is 0 Å². The van der Waals surface area contributed by atoms with E-state index in [9.17, 15) is 0 Å². The Labute approximate surface area is 208 Å². The normalized spacial score (nSPS) is 19.2. The van der Waals surface area contributed by atoms with E-state index in [1.165, 1.54) is 0 Å². The maximum Gasteiger partial charge on any atom is 0.129 e. The number of hydrogen-bond acceptors (Lipinski definition) is 7. The van der Waals surface area contributed by atoms with Crippen LogP contribution in [0.2, 0.25) is 0 Å². The molecule has 2 aromatic heterocycles. The number of methoxy groups -OCH3 is 2. The fraction of sp³-hybridized carbons (Fsp3) is 0.280. The zero-order valence-electron chi connectivity index (χ0n) is 20.0. The number of dihydropyridines is 1. The Bertz CT molecular complexity index is 1350. The highest BCUT2D eigenvalue weighted by Gasteiger charge is 2.38. The summed E-state index contributed by atoms with van der Waals surface area (Å²) in [6, 6.07) is 5.72. The van der Waals surface area contributed by atoms with Gasteiger partial charge in [-0.3, -0.25) is 9.67 Å². The molecule has 35 heavy (non-hydrogen) atoms. The average Bonchev–Trinajstić information content (AvgIpc) is 3.54. The van der Waals surface area contributed by atoms with E-state index in [4.69, 9.17) is 31.1 Å². The maximum atomic E-state index is 6.96. The van der Waals surface area contributed by atoms with Gasteiger partial charge in [-0.15, -0.1) is 0 Å². The van der Waals surface area contributed by atoms with E-state index in [1.54, 1.807) is 37.5 Å². The second-order valence-corrected chi connectivity index (χ2v) is 8.96. The van der Waals surface area contributed by atoms with E-state index in [-0.39, 0.29) is 0 Å². The molecule has 0 spiro atoms. The van der Waals surface area contributed by atoms with Gasteiger partial charge in [0.2, 0.25) is 0 Å². The zero-order valence-corrected chi connectivity index (χ0v) is 20.7. The third-order valence-electron chi connectivity index (χ3n) is 6.14. The van der Waals surface area contributed by atoms with Gasteiger partial charge in [0.15, 0.2) is 0 Å². The van der Waals surface area contributed by atoms with Gasteiger partial charge < -0.3 is 19.4 Å². The summed E-state index contributed by atoms with van der Waals surface area (Å²) in [6.45, 7) is 2.51. The van der Waals surface area contributed by atoms with E-state index in [0.29, 0.717) is 29.5 Å². The van der Waals surface area contributed by atoms with Crippen LogP contribution in [0.15, 0.2) is 69.9 Å². The molecule has 10 heteroatoms. The molecule has 2 aliphatic heterocycles. The minimum absolute atomic E-state index is 0.461. The number of fused-ring (bicyclic) bond motifs is 1. The molecule has 1 aromatic carbocycles. The molecule has 9 nitrogen and oxygen atoms in total. The SMILES string of the molecule is COc1cc(OC)cc(N(Cc2ncc[nH]2)C2=CCC3(C)N=CC(c4cnn(C)c4)=C(Cl)C3=N2)c1. The number of benzene rings is 1. The molecule has 0 fully saturated rings. The number of H-pyrrole nitrogens is 1. The first-order valence-electron chi connectivity index (χ1n) is 11.1. The molecule has 1 N–H and O–H groups in total. The Morgan fingerprint density at radius 1 is 1.20 bits per heavy atom. The topological polar surface area (TPSA) is 92.9 Å². The van der Waals surface area contributed by atoms with Crippen molar-refractivity contribution in [3.05, 3.63) is 71.3 Å². The van der Waals surface area contributed by atoms with Crippen molar-refractivity contribution in [3.8, 4) is 11.5 Å². The van der Waals surface area contributed by atoms with Crippen molar-refractivity contribution >= 4 is 34.8 Å². The number of rotatable bonds is 7. The first kappa shape index (κ1) is 22.9. The lowest BCUT2D eigenvalue weighted by molar-refractivity contribution is 0.394. The van der Waals surface area contributed by atoms with Crippen LogP contribution in [0.1, 0.15) is 24.7 Å². The van der Waals surface area contributed by atoms with Crippen molar-refractivity contribution in [2.24, 2.45) is 17.0 Å². The second kappa shape index (κ2) is 9.07. The van der Waals surface area contributed by atoms with Crippen molar-refractivity contribution in [2.45, 2.75) is 25.4 Å². The molecule has 180 valence electrons. The zero-order chi connectivity index (χ0) is 24.6. The third-order valence-corrected chi connectivity index (χ3v) is 6.53. The van der Waals surface area contributed by atoms with E-state index < -0.39 is 5.54 Å². The van der Waals surface area contributed by atoms with Crippen LogP contribution in [-0.4, -0.2) is 51.4 Å². The first-order valence-corrected chi connectivity index (χ1v) is 11.5. The highest BCUT2D eigenvalue weighted by Crippen LogP contribution is 2.39. The highest BCUT2D eigenvalue weighted by molar-refractivity contribution is 6.52. The molecule has 0 saturated carbocycles. The number of nitrogens with zero attached hydrogens (tertiary/aromatic N) is 6. The number of aryl methyl sites for hydroxylation is 1. The summed E-state index contributed by atoms with van der Waals surface area (Å²) < 4.78 is 12.8. The van der Waals surface area contributed by atoms with Crippen molar-refractivity contribution < 1.29 is 9.47 Å². The number of imidazole rings is 1. The Morgan fingerprint density at radius 3 is 2.60 bits per heavy atom. The van der Waals surface area contributed by atoms with Gasteiger partial charge >= 0.3 is 0 Å². The molecule has 5 rings (SSSR count). The number of aliphatic imine (C=N–C) groups is 2. The van der Waals surface area contributed by atoms with Crippen molar-refractivity contribution in [3.63, 3.8) is 0 Å². The quantitative estimate of drug-likeness (QED) is 0.530. The van der Waals surface area contributed by atoms with Crippen LogP contribution in [0, 0.1) is 0 Å². The van der Waals surface area contributed by atoms with Gasteiger partial charge in [-0.25, -0.2) is 9.98 Å². The summed E-state index contributed by atoms with van der Waals surface area (Å²) >= 11 is 6.96. The Balaban J connectivity index is 1.60. The predicted octanol–water partition coefficient (Wildman–Crippen LogP) is 4.35. The second-order valence-electron chi connectivity index (χ2n) is 8.58. The number of nitrogens with one attached hydrogen (secondary N) is 1. The first-order chi connectivity index (χ1) is 16.9.